The quantitative estimate of drug-likeness (QED) is 0.406. The van der Waals surface area contributed by atoms with Gasteiger partial charge in [0.25, 0.3) is 0 Å². The molecular weight excluding hydrogens is 288 g/mol. The molecular formula is C24H17. The molecule has 0 aliphatic carbocycles. The van der Waals surface area contributed by atoms with Crippen LogP contribution < -0.4 is 0 Å². The van der Waals surface area contributed by atoms with E-state index in [0.717, 1.165) is 11.1 Å². The van der Waals surface area contributed by atoms with Crippen LogP contribution in [0.25, 0.3) is 33.4 Å². The summed E-state index contributed by atoms with van der Waals surface area (Å²) in [6.07, 6.45) is 0. The van der Waals surface area contributed by atoms with Gasteiger partial charge in [-0.2, -0.15) is 0 Å². The molecule has 113 valence electrons. The van der Waals surface area contributed by atoms with Gasteiger partial charge in [-0.3, -0.25) is 0 Å². The van der Waals surface area contributed by atoms with Crippen molar-refractivity contribution in [3.8, 4) is 33.4 Å². The fraction of sp³-hybridized carbons (Fsp3) is 0. The minimum atomic E-state index is 1.12. The average molecular weight is 305 g/mol. The Morgan fingerprint density at radius 2 is 0.917 bits per heavy atom. The van der Waals surface area contributed by atoms with Gasteiger partial charge in [-0.25, -0.2) is 0 Å². The van der Waals surface area contributed by atoms with Crippen molar-refractivity contribution in [2.45, 2.75) is 0 Å². The number of rotatable bonds is 3. The topological polar surface area (TPSA) is 0 Å². The van der Waals surface area contributed by atoms with E-state index in [1.54, 1.807) is 0 Å². The van der Waals surface area contributed by atoms with Crippen molar-refractivity contribution >= 4 is 0 Å². The van der Waals surface area contributed by atoms with Gasteiger partial charge >= 0.3 is 0 Å². The predicted octanol–water partition coefficient (Wildman–Crippen LogP) is 6.49. The van der Waals surface area contributed by atoms with Gasteiger partial charge in [-0.1, -0.05) is 103 Å². The molecule has 0 aliphatic rings. The molecule has 0 bridgehead atoms. The molecule has 0 saturated carbocycles. The van der Waals surface area contributed by atoms with E-state index in [0.29, 0.717) is 0 Å². The molecule has 0 aliphatic heterocycles. The van der Waals surface area contributed by atoms with Crippen molar-refractivity contribution in [3.05, 3.63) is 109 Å². The van der Waals surface area contributed by atoms with Gasteiger partial charge in [0, 0.05) is 0 Å². The molecule has 0 fully saturated rings. The number of hydrogen-bond donors (Lipinski definition) is 0. The first kappa shape index (κ1) is 14.5. The highest BCUT2D eigenvalue weighted by atomic mass is 14.1. The molecule has 4 aromatic rings. The van der Waals surface area contributed by atoms with Gasteiger partial charge in [-0.05, 0) is 39.4 Å². The summed E-state index contributed by atoms with van der Waals surface area (Å²) in [5, 5.41) is 0. The van der Waals surface area contributed by atoms with Crippen LogP contribution in [-0.4, -0.2) is 0 Å². The summed E-state index contributed by atoms with van der Waals surface area (Å²) in [6.45, 7) is 0. The fourth-order valence-electron chi connectivity index (χ4n) is 2.97. The SMILES string of the molecule is [c]1c(-c2ccccc2)ccc(-c2ccccc2)c1-c1ccccc1. The lowest BCUT2D eigenvalue weighted by Crippen LogP contribution is -1.88. The zero-order valence-corrected chi connectivity index (χ0v) is 13.3. The van der Waals surface area contributed by atoms with Gasteiger partial charge in [0.2, 0.25) is 0 Å². The van der Waals surface area contributed by atoms with Gasteiger partial charge in [0.05, 0.1) is 0 Å². The highest BCUT2D eigenvalue weighted by molar-refractivity contribution is 5.86. The van der Waals surface area contributed by atoms with E-state index in [1.165, 1.54) is 22.3 Å². The Bertz CT molecular complexity index is 923. The summed E-state index contributed by atoms with van der Waals surface area (Å²) in [7, 11) is 0. The molecule has 0 heteroatoms. The molecule has 0 atom stereocenters. The van der Waals surface area contributed by atoms with E-state index in [1.807, 2.05) is 18.2 Å². The monoisotopic (exact) mass is 305 g/mol. The smallest absolute Gasteiger partial charge is 0.000786 e. The number of benzene rings is 4. The first-order chi connectivity index (χ1) is 11.9. The van der Waals surface area contributed by atoms with E-state index in [-0.39, 0.29) is 0 Å². The van der Waals surface area contributed by atoms with Crippen LogP contribution in [0.1, 0.15) is 0 Å². The Labute approximate surface area is 143 Å². The summed E-state index contributed by atoms with van der Waals surface area (Å²) in [4.78, 5) is 0. The largest absolute Gasteiger partial charge is 0.0622 e. The van der Waals surface area contributed by atoms with Crippen LogP contribution >= 0.6 is 0 Å². The summed E-state index contributed by atoms with van der Waals surface area (Å²) in [5.41, 5.74) is 7.06. The highest BCUT2D eigenvalue weighted by Gasteiger charge is 2.09. The third-order valence-corrected chi connectivity index (χ3v) is 4.18. The third-order valence-electron chi connectivity index (χ3n) is 4.18. The van der Waals surface area contributed by atoms with Crippen LogP contribution in [0.3, 0.4) is 0 Å². The second-order valence-electron chi connectivity index (χ2n) is 5.76. The van der Waals surface area contributed by atoms with Crippen LogP contribution in [0, 0.1) is 6.07 Å². The van der Waals surface area contributed by atoms with Crippen LogP contribution in [0.15, 0.2) is 103 Å². The minimum absolute atomic E-state index is 1.12. The maximum absolute atomic E-state index is 3.64. The van der Waals surface area contributed by atoms with Crippen molar-refractivity contribution in [3.63, 3.8) is 0 Å². The van der Waals surface area contributed by atoms with E-state index in [4.69, 9.17) is 0 Å². The normalized spacial score (nSPS) is 10.5. The van der Waals surface area contributed by atoms with E-state index < -0.39 is 0 Å². The summed E-state index contributed by atoms with van der Waals surface area (Å²) in [6, 6.07) is 39.4. The zero-order chi connectivity index (χ0) is 16.2. The lowest BCUT2D eigenvalue weighted by molar-refractivity contribution is 1.55. The Balaban J connectivity index is 1.92. The molecule has 0 nitrogen and oxygen atoms in total. The molecule has 4 aromatic carbocycles. The average Bonchev–Trinajstić information content (AvgIpc) is 2.69. The molecule has 0 N–H and O–H groups in total. The van der Waals surface area contributed by atoms with Crippen LogP contribution in [0.5, 0.6) is 0 Å². The van der Waals surface area contributed by atoms with Crippen molar-refractivity contribution in [1.82, 2.24) is 0 Å². The van der Waals surface area contributed by atoms with Crippen molar-refractivity contribution in [2.24, 2.45) is 0 Å². The first-order valence-electron chi connectivity index (χ1n) is 8.14. The maximum Gasteiger partial charge on any atom is -0.000786 e. The summed E-state index contributed by atoms with van der Waals surface area (Å²) < 4.78 is 0. The third kappa shape index (κ3) is 2.87. The van der Waals surface area contributed by atoms with E-state index in [9.17, 15) is 0 Å². The maximum atomic E-state index is 3.64. The van der Waals surface area contributed by atoms with Crippen LogP contribution in [0.4, 0.5) is 0 Å². The van der Waals surface area contributed by atoms with Crippen molar-refractivity contribution in [1.29, 1.82) is 0 Å². The molecule has 0 amide bonds. The van der Waals surface area contributed by atoms with Gasteiger partial charge < -0.3 is 0 Å². The molecule has 0 unspecified atom stereocenters. The lowest BCUT2D eigenvalue weighted by atomic mass is 9.91. The summed E-state index contributed by atoms with van der Waals surface area (Å²) >= 11 is 0. The Kier molecular flexibility index (Phi) is 3.95. The van der Waals surface area contributed by atoms with E-state index >= 15 is 0 Å². The summed E-state index contributed by atoms with van der Waals surface area (Å²) in [5.74, 6) is 0. The molecule has 0 heterocycles. The second-order valence-corrected chi connectivity index (χ2v) is 5.76. The predicted molar refractivity (Wildman–Crippen MR) is 102 cm³/mol. The Morgan fingerprint density at radius 1 is 0.417 bits per heavy atom. The molecule has 0 aromatic heterocycles. The molecule has 24 heavy (non-hydrogen) atoms. The zero-order valence-electron chi connectivity index (χ0n) is 13.3. The second kappa shape index (κ2) is 6.55. The van der Waals surface area contributed by atoms with Gasteiger partial charge in [-0.15, -0.1) is 0 Å². The standard InChI is InChI=1S/C24H17/c1-4-10-19(11-5-1)22-16-17-23(20-12-6-2-7-13-20)24(18-22)21-14-8-3-9-15-21/h1-17H. The first-order valence-corrected chi connectivity index (χ1v) is 8.14. The van der Waals surface area contributed by atoms with Crippen LogP contribution in [0.2, 0.25) is 0 Å². The van der Waals surface area contributed by atoms with Crippen LogP contribution in [-0.2, 0) is 0 Å². The fourth-order valence-corrected chi connectivity index (χ4v) is 2.97. The highest BCUT2D eigenvalue weighted by Crippen LogP contribution is 2.34. The van der Waals surface area contributed by atoms with Crippen molar-refractivity contribution < 1.29 is 0 Å². The Hall–Kier alpha value is -3.12. The molecule has 0 saturated heterocycles. The minimum Gasteiger partial charge on any atom is -0.0622 e. The molecule has 0 spiro atoms. The Morgan fingerprint density at radius 3 is 1.50 bits per heavy atom. The molecule has 4 rings (SSSR count). The van der Waals surface area contributed by atoms with Crippen molar-refractivity contribution in [2.75, 3.05) is 0 Å². The lowest BCUT2D eigenvalue weighted by Gasteiger charge is -2.12. The van der Waals surface area contributed by atoms with Gasteiger partial charge in [0.1, 0.15) is 0 Å². The number of hydrogen-bond acceptors (Lipinski definition) is 0. The molecule has 1 radical (unpaired) electrons. The van der Waals surface area contributed by atoms with E-state index in [2.05, 4.69) is 91.0 Å². The van der Waals surface area contributed by atoms with Gasteiger partial charge in [0.15, 0.2) is 0 Å².